The molecule has 0 unspecified atom stereocenters. The van der Waals surface area contributed by atoms with Crippen LogP contribution < -0.4 is 5.32 Å². The molecule has 0 bridgehead atoms. The Bertz CT molecular complexity index is 355. The topological polar surface area (TPSA) is 28.4 Å². The first-order valence-corrected chi connectivity index (χ1v) is 6.87. The van der Waals surface area contributed by atoms with Crippen molar-refractivity contribution in [1.29, 1.82) is 0 Å². The first-order valence-electron chi connectivity index (χ1n) is 6.87. The molecule has 3 nitrogen and oxygen atoms in total. The number of rotatable bonds is 7. The van der Waals surface area contributed by atoms with Crippen LogP contribution in [0.4, 0.5) is 0 Å². The van der Waals surface area contributed by atoms with E-state index in [1.165, 1.54) is 0 Å². The van der Waals surface area contributed by atoms with Gasteiger partial charge in [0.15, 0.2) is 0 Å². The third-order valence-electron chi connectivity index (χ3n) is 3.69. The van der Waals surface area contributed by atoms with Crippen LogP contribution in [0.1, 0.15) is 52.6 Å². The maximum atomic E-state index is 5.84. The number of nitrogens with one attached hydrogen (secondary N) is 1. The second-order valence-electron chi connectivity index (χ2n) is 5.93. The summed E-state index contributed by atoms with van der Waals surface area (Å²) < 4.78 is 5.84. The van der Waals surface area contributed by atoms with Crippen LogP contribution in [0.25, 0.3) is 0 Å². The van der Waals surface area contributed by atoms with Gasteiger partial charge in [0.1, 0.15) is 11.5 Å². The van der Waals surface area contributed by atoms with Crippen LogP contribution in [0.2, 0.25) is 0 Å². The summed E-state index contributed by atoms with van der Waals surface area (Å²) in [5.41, 5.74) is 0.211. The van der Waals surface area contributed by atoms with Crippen LogP contribution in [-0.2, 0) is 13.1 Å². The Hall–Kier alpha value is -0.800. The van der Waals surface area contributed by atoms with E-state index in [1.54, 1.807) is 0 Å². The molecule has 0 radical (unpaired) electrons. The minimum atomic E-state index is 0.211. The fraction of sp³-hybridized carbons (Fsp3) is 0.733. The number of furan rings is 1. The molecule has 0 saturated heterocycles. The van der Waals surface area contributed by atoms with E-state index >= 15 is 0 Å². The van der Waals surface area contributed by atoms with E-state index in [9.17, 15) is 0 Å². The SMILES string of the molecule is CCC(C)(C)N(C)Cc1ccc(CNC(C)C)o1. The van der Waals surface area contributed by atoms with Gasteiger partial charge in [-0.25, -0.2) is 0 Å². The molecule has 1 aromatic rings. The lowest BCUT2D eigenvalue weighted by Crippen LogP contribution is -2.39. The minimum absolute atomic E-state index is 0.211. The lowest BCUT2D eigenvalue weighted by molar-refractivity contribution is 0.132. The quantitative estimate of drug-likeness (QED) is 0.806. The Morgan fingerprint density at radius 2 is 1.89 bits per heavy atom. The van der Waals surface area contributed by atoms with Gasteiger partial charge in [0.2, 0.25) is 0 Å². The van der Waals surface area contributed by atoms with Crippen molar-refractivity contribution in [2.45, 2.75) is 65.7 Å². The number of hydrogen-bond acceptors (Lipinski definition) is 3. The summed E-state index contributed by atoms with van der Waals surface area (Å²) in [6.45, 7) is 12.7. The van der Waals surface area contributed by atoms with Crippen LogP contribution >= 0.6 is 0 Å². The molecule has 1 N–H and O–H groups in total. The number of nitrogens with zero attached hydrogens (tertiary/aromatic N) is 1. The largest absolute Gasteiger partial charge is 0.463 e. The summed E-state index contributed by atoms with van der Waals surface area (Å²) in [6, 6.07) is 4.64. The zero-order chi connectivity index (χ0) is 13.8. The highest BCUT2D eigenvalue weighted by Gasteiger charge is 2.21. The van der Waals surface area contributed by atoms with Gasteiger partial charge < -0.3 is 9.73 Å². The number of hydrogen-bond donors (Lipinski definition) is 1. The Kier molecular flexibility index (Phi) is 5.42. The molecule has 0 atom stereocenters. The fourth-order valence-corrected chi connectivity index (χ4v) is 1.62. The fourth-order valence-electron chi connectivity index (χ4n) is 1.62. The smallest absolute Gasteiger partial charge is 0.118 e. The highest BCUT2D eigenvalue weighted by Crippen LogP contribution is 2.20. The zero-order valence-electron chi connectivity index (χ0n) is 12.7. The van der Waals surface area contributed by atoms with Gasteiger partial charge in [0, 0.05) is 11.6 Å². The Morgan fingerprint density at radius 1 is 1.28 bits per heavy atom. The second-order valence-corrected chi connectivity index (χ2v) is 5.93. The van der Waals surface area contributed by atoms with Crippen LogP contribution in [0.5, 0.6) is 0 Å². The standard InChI is InChI=1S/C15H28N2O/c1-7-15(4,5)17(6)11-14-9-8-13(18-14)10-16-12(2)3/h8-9,12,16H,7,10-11H2,1-6H3. The first kappa shape index (κ1) is 15.3. The normalized spacial score (nSPS) is 12.7. The predicted octanol–water partition coefficient (Wildman–Crippen LogP) is 3.40. The summed E-state index contributed by atoms with van der Waals surface area (Å²) in [4.78, 5) is 2.34. The Morgan fingerprint density at radius 3 is 2.44 bits per heavy atom. The van der Waals surface area contributed by atoms with E-state index in [1.807, 2.05) is 0 Å². The molecule has 0 aliphatic rings. The average Bonchev–Trinajstić information content (AvgIpc) is 2.74. The highest BCUT2D eigenvalue weighted by molar-refractivity contribution is 5.07. The first-order chi connectivity index (χ1) is 8.35. The molecule has 1 rings (SSSR count). The highest BCUT2D eigenvalue weighted by atomic mass is 16.3. The summed E-state index contributed by atoms with van der Waals surface area (Å²) in [5.74, 6) is 2.06. The summed E-state index contributed by atoms with van der Waals surface area (Å²) in [5, 5.41) is 3.36. The summed E-state index contributed by atoms with van der Waals surface area (Å²) >= 11 is 0. The molecule has 104 valence electrons. The van der Waals surface area contributed by atoms with Gasteiger partial charge in [-0.15, -0.1) is 0 Å². The van der Waals surface area contributed by atoms with Gasteiger partial charge in [-0.2, -0.15) is 0 Å². The lowest BCUT2D eigenvalue weighted by Gasteiger charge is -2.34. The maximum absolute atomic E-state index is 5.84. The summed E-state index contributed by atoms with van der Waals surface area (Å²) in [7, 11) is 2.15. The molecule has 18 heavy (non-hydrogen) atoms. The van der Waals surface area contributed by atoms with Crippen LogP contribution in [0.3, 0.4) is 0 Å². The third kappa shape index (κ3) is 4.46. The van der Waals surface area contributed by atoms with Gasteiger partial charge >= 0.3 is 0 Å². The van der Waals surface area contributed by atoms with Gasteiger partial charge in [0.25, 0.3) is 0 Å². The third-order valence-corrected chi connectivity index (χ3v) is 3.69. The second kappa shape index (κ2) is 6.39. The van der Waals surface area contributed by atoms with E-state index < -0.39 is 0 Å². The van der Waals surface area contributed by atoms with Gasteiger partial charge in [0.05, 0.1) is 13.1 Å². The van der Waals surface area contributed by atoms with Crippen molar-refractivity contribution in [3.05, 3.63) is 23.7 Å². The Balaban J connectivity index is 2.53. The minimum Gasteiger partial charge on any atom is -0.463 e. The average molecular weight is 252 g/mol. The van der Waals surface area contributed by atoms with Crippen molar-refractivity contribution < 1.29 is 4.42 Å². The van der Waals surface area contributed by atoms with E-state index in [2.05, 4.69) is 64.0 Å². The molecular formula is C15H28N2O. The van der Waals surface area contributed by atoms with Crippen molar-refractivity contribution >= 4 is 0 Å². The molecule has 0 amide bonds. The van der Waals surface area contributed by atoms with Crippen LogP contribution in [0, 0.1) is 0 Å². The molecule has 0 aliphatic heterocycles. The maximum Gasteiger partial charge on any atom is 0.118 e. The van der Waals surface area contributed by atoms with Crippen molar-refractivity contribution in [2.24, 2.45) is 0 Å². The van der Waals surface area contributed by atoms with Crippen molar-refractivity contribution in [1.82, 2.24) is 10.2 Å². The van der Waals surface area contributed by atoms with Gasteiger partial charge in [-0.1, -0.05) is 20.8 Å². The predicted molar refractivity (Wildman–Crippen MR) is 76.5 cm³/mol. The van der Waals surface area contributed by atoms with Crippen molar-refractivity contribution in [3.63, 3.8) is 0 Å². The van der Waals surface area contributed by atoms with E-state index in [0.29, 0.717) is 6.04 Å². The molecule has 0 saturated carbocycles. The molecule has 0 aliphatic carbocycles. The zero-order valence-corrected chi connectivity index (χ0v) is 12.7. The van der Waals surface area contributed by atoms with E-state index in [0.717, 1.165) is 31.0 Å². The van der Waals surface area contributed by atoms with Crippen LogP contribution in [0.15, 0.2) is 16.5 Å². The summed E-state index contributed by atoms with van der Waals surface area (Å²) in [6.07, 6.45) is 1.13. The molecule has 1 aromatic heterocycles. The van der Waals surface area contributed by atoms with E-state index in [4.69, 9.17) is 4.42 Å². The van der Waals surface area contributed by atoms with Gasteiger partial charge in [-0.3, -0.25) is 4.90 Å². The van der Waals surface area contributed by atoms with Crippen molar-refractivity contribution in [3.8, 4) is 0 Å². The monoisotopic (exact) mass is 252 g/mol. The molecule has 0 spiro atoms. The van der Waals surface area contributed by atoms with E-state index in [-0.39, 0.29) is 5.54 Å². The molecule has 0 aromatic carbocycles. The van der Waals surface area contributed by atoms with Crippen molar-refractivity contribution in [2.75, 3.05) is 7.05 Å². The van der Waals surface area contributed by atoms with Crippen LogP contribution in [-0.4, -0.2) is 23.5 Å². The van der Waals surface area contributed by atoms with Gasteiger partial charge in [-0.05, 0) is 39.4 Å². The lowest BCUT2D eigenvalue weighted by atomic mass is 10.00. The Labute approximate surface area is 112 Å². The molecule has 1 heterocycles. The molecule has 3 heteroatoms. The molecular weight excluding hydrogens is 224 g/mol. The molecule has 0 fully saturated rings.